The van der Waals surface area contributed by atoms with Crippen LogP contribution in [0.1, 0.15) is 117 Å². The summed E-state index contributed by atoms with van der Waals surface area (Å²) in [6, 6.07) is 5.96. The predicted octanol–water partition coefficient (Wildman–Crippen LogP) is 6.83. The van der Waals surface area contributed by atoms with Crippen LogP contribution in [-0.4, -0.2) is 22.3 Å². The van der Waals surface area contributed by atoms with Gasteiger partial charge in [-0.15, -0.1) is 0 Å². The van der Waals surface area contributed by atoms with Gasteiger partial charge in [0, 0.05) is 43.1 Å². The van der Waals surface area contributed by atoms with Crippen LogP contribution >= 0.6 is 0 Å². The lowest BCUT2D eigenvalue weighted by Gasteiger charge is -2.28. The summed E-state index contributed by atoms with van der Waals surface area (Å²) in [5, 5.41) is 0. The van der Waals surface area contributed by atoms with Crippen molar-refractivity contribution in [3.8, 4) is 0 Å². The van der Waals surface area contributed by atoms with E-state index in [1.807, 2.05) is 50.1 Å². The first-order valence-electron chi connectivity index (χ1n) is 13.4. The van der Waals surface area contributed by atoms with Gasteiger partial charge in [-0.3, -0.25) is 14.5 Å². The highest BCUT2D eigenvalue weighted by Crippen LogP contribution is 2.27. The summed E-state index contributed by atoms with van der Waals surface area (Å²) in [5.74, 6) is 0.800. The largest absolute Gasteiger partial charge is 0.294 e. The van der Waals surface area contributed by atoms with Crippen LogP contribution < -0.4 is 4.99 Å². The minimum atomic E-state index is -0.0555. The van der Waals surface area contributed by atoms with E-state index in [-0.39, 0.29) is 23.5 Å². The number of Topliss-reactive ketones (excluding diaryl/α,β-unsaturated/α-hetero) is 1. The highest BCUT2D eigenvalue weighted by atomic mass is 16.2. The number of fused-ring (bicyclic) bond motifs is 1. The summed E-state index contributed by atoms with van der Waals surface area (Å²) in [7, 11) is 0. The molecule has 1 aromatic rings. The van der Waals surface area contributed by atoms with Crippen molar-refractivity contribution in [2.75, 3.05) is 0 Å². The number of hydrogen-bond acceptors (Lipinski definition) is 2. The average Bonchev–Trinajstić information content (AvgIpc) is 2.93. The number of carbonyl (C=O) groups is 2. The Hall–Kier alpha value is -2.49. The lowest BCUT2D eigenvalue weighted by atomic mass is 9.89. The number of carbonyl (C=O) groups excluding carboxylic acids is 2. The van der Waals surface area contributed by atoms with Crippen LogP contribution in [0, 0.1) is 17.8 Å². The number of hydrogen-bond donors (Lipinski definition) is 1. The van der Waals surface area contributed by atoms with Crippen LogP contribution in [0.5, 0.6) is 0 Å². The van der Waals surface area contributed by atoms with Crippen molar-refractivity contribution in [2.45, 2.75) is 101 Å². The Morgan fingerprint density at radius 3 is 2.46 bits per heavy atom. The Kier molecular flexibility index (Phi) is 10.7. The van der Waals surface area contributed by atoms with Gasteiger partial charge in [0.25, 0.3) is 0 Å². The van der Waals surface area contributed by atoms with E-state index in [9.17, 15) is 9.59 Å². The van der Waals surface area contributed by atoms with Crippen LogP contribution in [0.3, 0.4) is 0 Å². The number of allylic oxidation sites excluding steroid dienone is 3. The summed E-state index contributed by atoms with van der Waals surface area (Å²) in [6.45, 7) is 18.8. The molecule has 1 aliphatic heterocycles. The number of benzene rings is 1. The molecule has 0 radical (unpaired) electrons. The maximum atomic E-state index is 13.7. The van der Waals surface area contributed by atoms with Crippen molar-refractivity contribution < 1.29 is 14.6 Å². The first kappa shape index (κ1) is 28.7. The molecule has 0 bridgehead atoms. The van der Waals surface area contributed by atoms with Crippen molar-refractivity contribution in [3.05, 3.63) is 46.8 Å². The van der Waals surface area contributed by atoms with Gasteiger partial charge < -0.3 is 0 Å². The van der Waals surface area contributed by atoms with Gasteiger partial charge in [0.1, 0.15) is 0 Å². The molecule has 0 fully saturated rings. The quantitative estimate of drug-likeness (QED) is 0.374. The second-order valence-corrected chi connectivity index (χ2v) is 10.8. The van der Waals surface area contributed by atoms with Crippen molar-refractivity contribution in [1.82, 2.24) is 4.90 Å². The molecule has 1 aliphatic rings. The maximum Gasteiger partial charge on any atom is 0.233 e. The molecule has 4 nitrogen and oxygen atoms in total. The molecule has 4 heteroatoms. The first-order valence-corrected chi connectivity index (χ1v) is 13.4. The smallest absolute Gasteiger partial charge is 0.233 e. The second-order valence-electron chi connectivity index (χ2n) is 10.8. The molecular weight excluding hydrogens is 432 g/mol. The fourth-order valence-electron chi connectivity index (χ4n) is 4.45. The van der Waals surface area contributed by atoms with Crippen molar-refractivity contribution in [3.63, 3.8) is 0 Å². The zero-order valence-corrected chi connectivity index (χ0v) is 23.5. The SMILES string of the molecule is CCCCCCC(C)C(C)C(=O)N(C=C(C)c1ccc2c(c1)[NH+]=C(C)C(C)CC2=O)C(C)=C(C)C. The molecule has 0 aliphatic carbocycles. The maximum absolute atomic E-state index is 13.7. The fourth-order valence-corrected chi connectivity index (χ4v) is 4.45. The standard InChI is InChI=1S/C31H46N2O2/c1-10-11-12-13-14-21(4)24(7)31(35)33(26(9)20(2)3)19-23(6)27-15-16-28-29(18-27)32-25(8)22(5)17-30(28)34/h15-16,18-19,21-22,24H,10-14,17H2,1-9H3/p+1. The number of nitrogens with one attached hydrogen (secondary N) is 1. The monoisotopic (exact) mass is 479 g/mol. The third-order valence-electron chi connectivity index (χ3n) is 7.74. The lowest BCUT2D eigenvalue weighted by Crippen LogP contribution is -2.66. The minimum absolute atomic E-state index is 0.0555. The van der Waals surface area contributed by atoms with E-state index in [1.165, 1.54) is 25.7 Å². The normalized spacial score (nSPS) is 17.7. The summed E-state index contributed by atoms with van der Waals surface area (Å²) >= 11 is 0. The van der Waals surface area contributed by atoms with Crippen molar-refractivity contribution >= 4 is 28.7 Å². The van der Waals surface area contributed by atoms with E-state index in [0.717, 1.165) is 45.8 Å². The molecule has 1 aromatic carbocycles. The summed E-state index contributed by atoms with van der Waals surface area (Å²) in [5.41, 5.74) is 6.80. The van der Waals surface area contributed by atoms with E-state index in [0.29, 0.717) is 12.3 Å². The van der Waals surface area contributed by atoms with E-state index >= 15 is 0 Å². The van der Waals surface area contributed by atoms with Crippen LogP contribution in [0.15, 0.2) is 35.7 Å². The molecule has 1 N–H and O–H groups in total. The summed E-state index contributed by atoms with van der Waals surface area (Å²) in [6.07, 6.45) is 8.49. The molecule has 3 atom stereocenters. The Labute approximate surface area is 213 Å². The van der Waals surface area contributed by atoms with Crippen LogP contribution in [0.4, 0.5) is 5.69 Å². The molecule has 0 saturated carbocycles. The molecule has 0 aromatic heterocycles. The Morgan fingerprint density at radius 2 is 1.83 bits per heavy atom. The van der Waals surface area contributed by atoms with Gasteiger partial charge in [-0.1, -0.05) is 65.0 Å². The van der Waals surface area contributed by atoms with Gasteiger partial charge in [-0.25, -0.2) is 4.99 Å². The van der Waals surface area contributed by atoms with Crippen molar-refractivity contribution in [2.24, 2.45) is 17.8 Å². The van der Waals surface area contributed by atoms with E-state index < -0.39 is 0 Å². The summed E-state index contributed by atoms with van der Waals surface area (Å²) in [4.78, 5) is 31.7. The fraction of sp³-hybridized carbons (Fsp3) is 0.581. The zero-order chi connectivity index (χ0) is 26.3. The third-order valence-corrected chi connectivity index (χ3v) is 7.74. The van der Waals surface area contributed by atoms with Crippen LogP contribution in [-0.2, 0) is 4.79 Å². The lowest BCUT2D eigenvalue weighted by molar-refractivity contribution is -0.357. The first-order chi connectivity index (χ1) is 16.5. The molecular formula is C31H47N2O2+. The van der Waals surface area contributed by atoms with Gasteiger partial charge in [0.05, 0.1) is 5.56 Å². The predicted molar refractivity (Wildman–Crippen MR) is 147 cm³/mol. The second kappa shape index (κ2) is 13.0. The Morgan fingerprint density at radius 1 is 1.14 bits per heavy atom. The molecule has 1 amide bonds. The van der Waals surface area contributed by atoms with Gasteiger partial charge in [0.15, 0.2) is 11.5 Å². The molecule has 0 saturated heterocycles. The topological polar surface area (TPSA) is 51.4 Å². The summed E-state index contributed by atoms with van der Waals surface area (Å²) < 4.78 is 0. The number of rotatable bonds is 10. The number of ketones is 1. The average molecular weight is 480 g/mol. The number of unbranched alkanes of at least 4 members (excludes halogenated alkanes) is 3. The highest BCUT2D eigenvalue weighted by Gasteiger charge is 2.28. The van der Waals surface area contributed by atoms with Gasteiger partial charge in [-0.2, -0.15) is 0 Å². The van der Waals surface area contributed by atoms with Gasteiger partial charge in [-0.05, 0) is 57.2 Å². The van der Waals surface area contributed by atoms with Gasteiger partial charge in [0.2, 0.25) is 11.6 Å². The van der Waals surface area contributed by atoms with E-state index in [1.54, 1.807) is 0 Å². The molecule has 35 heavy (non-hydrogen) atoms. The van der Waals surface area contributed by atoms with E-state index in [4.69, 9.17) is 0 Å². The van der Waals surface area contributed by atoms with E-state index in [2.05, 4.69) is 46.5 Å². The van der Waals surface area contributed by atoms with Crippen LogP contribution in [0.25, 0.3) is 5.57 Å². The Bertz CT molecular complexity index is 1010. The van der Waals surface area contributed by atoms with Crippen molar-refractivity contribution in [1.29, 1.82) is 0 Å². The van der Waals surface area contributed by atoms with Gasteiger partial charge >= 0.3 is 0 Å². The molecule has 1 heterocycles. The number of nitrogens with zero attached hydrogens (tertiary/aromatic N) is 1. The highest BCUT2D eigenvalue weighted by molar-refractivity contribution is 6.03. The number of amides is 1. The molecule has 192 valence electrons. The minimum Gasteiger partial charge on any atom is -0.294 e. The molecule has 0 spiro atoms. The Balaban J connectivity index is 2.36. The van der Waals surface area contributed by atoms with Crippen LogP contribution in [0.2, 0.25) is 0 Å². The molecule has 2 rings (SSSR count). The molecule has 3 unspecified atom stereocenters. The third kappa shape index (κ3) is 7.49. The zero-order valence-electron chi connectivity index (χ0n) is 23.5.